The predicted octanol–water partition coefficient (Wildman–Crippen LogP) is 4.94. The van der Waals surface area contributed by atoms with Crippen LogP contribution in [-0.2, 0) is 4.79 Å². The van der Waals surface area contributed by atoms with Crippen LogP contribution in [0.5, 0.6) is 0 Å². The van der Waals surface area contributed by atoms with Crippen molar-refractivity contribution in [3.63, 3.8) is 0 Å². The molecule has 3 fully saturated rings. The van der Waals surface area contributed by atoms with Crippen LogP contribution in [0.3, 0.4) is 0 Å². The van der Waals surface area contributed by atoms with E-state index in [-0.39, 0.29) is 50.3 Å². The minimum atomic E-state index is -4.64. The normalized spacial score (nSPS) is 28.3. The first kappa shape index (κ1) is 30.5. The Hall–Kier alpha value is -1.07. The first-order valence-corrected chi connectivity index (χ1v) is 13.9. The maximum absolute atomic E-state index is 13.7. The fraction of sp³-hybridized carbons (Fsp3) is 0.962. The molecular weight excluding hydrogens is 500 g/mol. The molecule has 0 spiro atoms. The number of nitrogens with zero attached hydrogens (tertiary/aromatic N) is 3. The number of hydrogen-bond donors (Lipinski definition) is 1. The molecule has 0 radical (unpaired) electrons. The summed E-state index contributed by atoms with van der Waals surface area (Å²) < 4.78 is 80.2. The Balaban J connectivity index is 1.63. The number of halogens is 6. The predicted molar refractivity (Wildman–Crippen MR) is 129 cm³/mol. The molecule has 216 valence electrons. The van der Waals surface area contributed by atoms with Crippen LogP contribution < -0.4 is 0 Å². The van der Waals surface area contributed by atoms with Gasteiger partial charge in [-0.3, -0.25) is 9.69 Å². The van der Waals surface area contributed by atoms with E-state index in [0.717, 1.165) is 64.8 Å². The highest BCUT2D eigenvalue weighted by Gasteiger charge is 2.51. The molecule has 1 saturated heterocycles. The number of likely N-dealkylation sites (N-methyl/N-ethyl adjacent to an activating group) is 1. The molecule has 0 aromatic heterocycles. The Kier molecular flexibility index (Phi) is 11.0. The van der Waals surface area contributed by atoms with Crippen molar-refractivity contribution in [3.8, 4) is 0 Å². The van der Waals surface area contributed by atoms with E-state index in [2.05, 4.69) is 9.80 Å². The van der Waals surface area contributed by atoms with Crippen LogP contribution in [0, 0.1) is 23.7 Å². The van der Waals surface area contributed by atoms with Gasteiger partial charge in [0.1, 0.15) is 0 Å². The second kappa shape index (κ2) is 13.3. The average Bonchev–Trinajstić information content (AvgIpc) is 2.86. The van der Waals surface area contributed by atoms with E-state index < -0.39 is 36.5 Å². The van der Waals surface area contributed by atoms with Crippen molar-refractivity contribution < 1.29 is 36.2 Å². The topological polar surface area (TPSA) is 47.0 Å². The van der Waals surface area contributed by atoms with Gasteiger partial charge in [-0.15, -0.1) is 0 Å². The summed E-state index contributed by atoms with van der Waals surface area (Å²) in [5.41, 5.74) is 0. The van der Waals surface area contributed by atoms with E-state index in [1.54, 1.807) is 11.9 Å². The second-order valence-corrected chi connectivity index (χ2v) is 11.4. The van der Waals surface area contributed by atoms with Gasteiger partial charge in [-0.05, 0) is 56.8 Å². The van der Waals surface area contributed by atoms with Crippen molar-refractivity contribution in [1.29, 1.82) is 0 Å². The first-order chi connectivity index (χ1) is 17.4. The molecule has 1 heterocycles. The van der Waals surface area contributed by atoms with Crippen molar-refractivity contribution >= 4 is 5.91 Å². The Morgan fingerprint density at radius 2 is 1.49 bits per heavy atom. The molecule has 37 heavy (non-hydrogen) atoms. The first-order valence-electron chi connectivity index (χ1n) is 13.9. The van der Waals surface area contributed by atoms with Gasteiger partial charge >= 0.3 is 12.4 Å². The Morgan fingerprint density at radius 3 is 2.00 bits per heavy atom. The molecule has 3 atom stereocenters. The zero-order valence-electron chi connectivity index (χ0n) is 21.9. The van der Waals surface area contributed by atoms with E-state index in [0.29, 0.717) is 6.42 Å². The van der Waals surface area contributed by atoms with E-state index in [1.165, 1.54) is 0 Å². The number of amides is 1. The van der Waals surface area contributed by atoms with Gasteiger partial charge in [-0.2, -0.15) is 26.3 Å². The van der Waals surface area contributed by atoms with Gasteiger partial charge in [0.15, 0.2) is 0 Å². The summed E-state index contributed by atoms with van der Waals surface area (Å²) in [5.74, 6) is -4.46. The second-order valence-electron chi connectivity index (χ2n) is 11.4. The minimum absolute atomic E-state index is 0.0636. The molecule has 0 aromatic rings. The van der Waals surface area contributed by atoms with E-state index in [9.17, 15) is 31.1 Å². The van der Waals surface area contributed by atoms with Crippen LogP contribution in [0.4, 0.5) is 26.3 Å². The zero-order chi connectivity index (χ0) is 27.2. The fourth-order valence-electron chi connectivity index (χ4n) is 6.58. The maximum Gasteiger partial charge on any atom is 0.391 e. The zero-order valence-corrected chi connectivity index (χ0v) is 21.9. The number of rotatable bonds is 9. The van der Waals surface area contributed by atoms with E-state index in [1.807, 2.05) is 0 Å². The van der Waals surface area contributed by atoms with Crippen LogP contribution in [-0.4, -0.2) is 97.0 Å². The lowest BCUT2D eigenvalue weighted by atomic mass is 9.73. The third kappa shape index (κ3) is 8.71. The molecule has 3 aliphatic rings. The molecule has 3 rings (SSSR count). The lowest BCUT2D eigenvalue weighted by molar-refractivity contribution is -0.229. The third-order valence-corrected chi connectivity index (χ3v) is 8.76. The molecule has 11 heteroatoms. The summed E-state index contributed by atoms with van der Waals surface area (Å²) in [6, 6.07) is -0.303. The Labute approximate surface area is 216 Å². The number of piperazine rings is 1. The molecular formula is C26H43F6N3O2. The Bertz CT molecular complexity index is 683. The van der Waals surface area contributed by atoms with Crippen molar-refractivity contribution in [1.82, 2.24) is 14.7 Å². The summed E-state index contributed by atoms with van der Waals surface area (Å²) in [7, 11) is 1.64. The van der Waals surface area contributed by atoms with E-state index >= 15 is 0 Å². The smallest absolute Gasteiger partial charge is 0.391 e. The minimum Gasteiger partial charge on any atom is -0.396 e. The summed E-state index contributed by atoms with van der Waals surface area (Å²) >= 11 is 0. The molecule has 0 bridgehead atoms. The summed E-state index contributed by atoms with van der Waals surface area (Å²) in [6.45, 7) is 4.19. The van der Waals surface area contributed by atoms with E-state index in [4.69, 9.17) is 5.11 Å². The molecule has 3 unspecified atom stereocenters. The quantitative estimate of drug-likeness (QED) is 0.419. The van der Waals surface area contributed by atoms with Gasteiger partial charge in [0.05, 0.1) is 17.9 Å². The molecule has 0 aromatic carbocycles. The summed E-state index contributed by atoms with van der Waals surface area (Å²) in [5, 5.41) is 9.10. The van der Waals surface area contributed by atoms with Gasteiger partial charge in [0.2, 0.25) is 5.91 Å². The van der Waals surface area contributed by atoms with Crippen molar-refractivity contribution in [2.75, 3.05) is 52.9 Å². The summed E-state index contributed by atoms with van der Waals surface area (Å²) in [6.07, 6.45) is -4.76. The van der Waals surface area contributed by atoms with Crippen LogP contribution in [0.25, 0.3) is 0 Å². The standard InChI is InChI=1S/C26H43F6N3O2/c1-33(10-8-19-16-21(25(27,28)29)18-22(17-19)26(30,31)32)24(37)23(20-6-3-2-4-7-20)35-13-11-34(12-14-35)9-5-15-36/h19-23,36H,2-18H2,1H3. The maximum atomic E-state index is 13.7. The molecule has 1 aliphatic heterocycles. The number of aliphatic hydroxyl groups excluding tert-OH is 1. The van der Waals surface area contributed by atoms with Crippen LogP contribution in [0.1, 0.15) is 64.2 Å². The summed E-state index contributed by atoms with van der Waals surface area (Å²) in [4.78, 5) is 19.7. The molecule has 1 N–H and O–H groups in total. The number of carbonyl (C=O) groups is 1. The number of carbonyl (C=O) groups excluding carboxylic acids is 1. The van der Waals surface area contributed by atoms with Gasteiger partial charge in [0.25, 0.3) is 0 Å². The number of alkyl halides is 6. The van der Waals surface area contributed by atoms with Crippen molar-refractivity contribution in [3.05, 3.63) is 0 Å². The number of hydrogen-bond acceptors (Lipinski definition) is 4. The SMILES string of the molecule is CN(CCC1CC(C(F)(F)F)CC(C(F)(F)F)C1)C(=O)C(C1CCCCC1)N1CCN(CCCO)CC1. The highest BCUT2D eigenvalue weighted by molar-refractivity contribution is 5.82. The fourth-order valence-corrected chi connectivity index (χ4v) is 6.58. The van der Waals surface area contributed by atoms with Gasteiger partial charge in [-0.25, -0.2) is 0 Å². The van der Waals surface area contributed by atoms with Crippen molar-refractivity contribution in [2.24, 2.45) is 23.7 Å². The highest BCUT2D eigenvalue weighted by Crippen LogP contribution is 2.48. The van der Waals surface area contributed by atoms with Crippen LogP contribution in [0.15, 0.2) is 0 Å². The molecule has 1 amide bonds. The molecule has 2 aliphatic carbocycles. The Morgan fingerprint density at radius 1 is 0.919 bits per heavy atom. The molecule has 5 nitrogen and oxygen atoms in total. The monoisotopic (exact) mass is 543 g/mol. The van der Waals surface area contributed by atoms with Gasteiger partial charge < -0.3 is 14.9 Å². The van der Waals surface area contributed by atoms with Crippen LogP contribution in [0.2, 0.25) is 0 Å². The lowest BCUT2D eigenvalue weighted by Crippen LogP contribution is -2.58. The third-order valence-electron chi connectivity index (χ3n) is 8.76. The molecule has 2 saturated carbocycles. The van der Waals surface area contributed by atoms with Gasteiger partial charge in [-0.1, -0.05) is 19.3 Å². The lowest BCUT2D eigenvalue weighted by Gasteiger charge is -2.44. The van der Waals surface area contributed by atoms with Crippen molar-refractivity contribution in [2.45, 2.75) is 82.6 Å². The largest absolute Gasteiger partial charge is 0.396 e. The average molecular weight is 544 g/mol. The highest BCUT2D eigenvalue weighted by atomic mass is 19.4. The number of aliphatic hydroxyl groups is 1. The van der Waals surface area contributed by atoms with Gasteiger partial charge in [0, 0.05) is 52.9 Å². The van der Waals surface area contributed by atoms with Crippen LogP contribution >= 0.6 is 0 Å².